The number of hydrogen-bond acceptors (Lipinski definition) is 1. The van der Waals surface area contributed by atoms with E-state index >= 15 is 0 Å². The van der Waals surface area contributed by atoms with Crippen LogP contribution in [0.1, 0.15) is 27.2 Å². The van der Waals surface area contributed by atoms with Crippen LogP contribution in [-0.2, 0) is 4.79 Å². The quantitative estimate of drug-likeness (QED) is 0.487. The topological polar surface area (TPSA) is 43.1 Å². The lowest BCUT2D eigenvalue weighted by Gasteiger charge is -1.94. The maximum Gasteiger partial charge on any atom is 0.244 e. The second-order valence-corrected chi connectivity index (χ2v) is 2.55. The van der Waals surface area contributed by atoms with Crippen LogP contribution in [0.25, 0.3) is 0 Å². The zero-order valence-electron chi connectivity index (χ0n) is 7.35. The minimum Gasteiger partial charge on any atom is -0.366 e. The van der Waals surface area contributed by atoms with Gasteiger partial charge in [-0.05, 0) is 20.3 Å². The molecule has 0 rings (SSSR count). The molecule has 0 atom stereocenters. The van der Waals surface area contributed by atoms with Gasteiger partial charge >= 0.3 is 0 Å². The van der Waals surface area contributed by atoms with E-state index in [2.05, 4.69) is 6.92 Å². The van der Waals surface area contributed by atoms with Crippen LogP contribution >= 0.6 is 0 Å². The molecular formula is C9H15NO. The van der Waals surface area contributed by atoms with Crippen LogP contribution in [0.15, 0.2) is 23.3 Å². The first-order valence-electron chi connectivity index (χ1n) is 3.72. The molecule has 11 heavy (non-hydrogen) atoms. The highest BCUT2D eigenvalue weighted by Gasteiger charge is 1.95. The van der Waals surface area contributed by atoms with E-state index in [9.17, 15) is 4.79 Å². The molecule has 0 aliphatic rings. The lowest BCUT2D eigenvalue weighted by Crippen LogP contribution is -2.11. The Morgan fingerprint density at radius 3 is 2.36 bits per heavy atom. The lowest BCUT2D eigenvalue weighted by atomic mass is 10.1. The largest absolute Gasteiger partial charge is 0.366 e. The summed E-state index contributed by atoms with van der Waals surface area (Å²) >= 11 is 0. The third-order valence-electron chi connectivity index (χ3n) is 1.36. The molecule has 0 spiro atoms. The Kier molecular flexibility index (Phi) is 4.27. The van der Waals surface area contributed by atoms with Crippen LogP contribution < -0.4 is 5.73 Å². The predicted octanol–water partition coefficient (Wildman–Crippen LogP) is 1.77. The van der Waals surface area contributed by atoms with Gasteiger partial charge in [0.25, 0.3) is 0 Å². The summed E-state index contributed by atoms with van der Waals surface area (Å²) in [5.41, 5.74) is 6.74. The molecule has 1 amide bonds. The van der Waals surface area contributed by atoms with Gasteiger partial charge in [-0.1, -0.05) is 24.6 Å². The Morgan fingerprint density at radius 1 is 1.45 bits per heavy atom. The minimum absolute atomic E-state index is 0.353. The molecule has 0 fully saturated rings. The molecule has 2 heteroatoms. The van der Waals surface area contributed by atoms with Crippen molar-refractivity contribution >= 4 is 5.91 Å². The van der Waals surface area contributed by atoms with E-state index in [-0.39, 0.29) is 5.91 Å². The van der Waals surface area contributed by atoms with Crippen molar-refractivity contribution < 1.29 is 4.79 Å². The van der Waals surface area contributed by atoms with Gasteiger partial charge in [-0.15, -0.1) is 0 Å². The third-order valence-corrected chi connectivity index (χ3v) is 1.36. The zero-order valence-corrected chi connectivity index (χ0v) is 7.35. The van der Waals surface area contributed by atoms with Gasteiger partial charge < -0.3 is 5.73 Å². The average Bonchev–Trinajstić information content (AvgIpc) is 1.87. The average molecular weight is 153 g/mol. The number of carbonyl (C=O) groups excluding carboxylic acids is 1. The standard InChI is InChI=1S/C9H15NO/c1-4-5-7(2)6-8(3)9(10)11/h5-6H,4H2,1-3H3,(H2,10,11). The van der Waals surface area contributed by atoms with E-state index in [4.69, 9.17) is 5.73 Å². The Labute approximate surface area is 67.8 Å². The van der Waals surface area contributed by atoms with Gasteiger partial charge in [0, 0.05) is 5.57 Å². The number of nitrogens with two attached hydrogens (primary N) is 1. The summed E-state index contributed by atoms with van der Waals surface area (Å²) in [5.74, 6) is -0.353. The monoisotopic (exact) mass is 153 g/mol. The highest BCUT2D eigenvalue weighted by molar-refractivity contribution is 5.91. The second kappa shape index (κ2) is 4.72. The van der Waals surface area contributed by atoms with E-state index in [1.165, 1.54) is 0 Å². The summed E-state index contributed by atoms with van der Waals surface area (Å²) in [6, 6.07) is 0. The molecule has 0 aliphatic heterocycles. The van der Waals surface area contributed by atoms with E-state index in [1.54, 1.807) is 13.0 Å². The number of carbonyl (C=O) groups is 1. The van der Waals surface area contributed by atoms with Gasteiger partial charge in [0.2, 0.25) is 5.91 Å². The van der Waals surface area contributed by atoms with E-state index in [0.717, 1.165) is 12.0 Å². The van der Waals surface area contributed by atoms with E-state index < -0.39 is 0 Å². The Balaban J connectivity index is 4.30. The molecule has 0 aromatic rings. The lowest BCUT2D eigenvalue weighted by molar-refractivity contribution is -0.114. The highest BCUT2D eigenvalue weighted by Crippen LogP contribution is 2.01. The van der Waals surface area contributed by atoms with Crippen LogP contribution in [-0.4, -0.2) is 5.91 Å². The van der Waals surface area contributed by atoms with Crippen molar-refractivity contribution in [1.29, 1.82) is 0 Å². The Hall–Kier alpha value is -1.05. The molecule has 0 saturated heterocycles. The number of hydrogen-bond donors (Lipinski definition) is 1. The molecule has 2 N–H and O–H groups in total. The fraction of sp³-hybridized carbons (Fsp3) is 0.444. The number of allylic oxidation sites excluding steroid dienone is 3. The zero-order chi connectivity index (χ0) is 8.85. The predicted molar refractivity (Wildman–Crippen MR) is 47.0 cm³/mol. The van der Waals surface area contributed by atoms with Crippen molar-refractivity contribution in [2.75, 3.05) is 0 Å². The van der Waals surface area contributed by atoms with Crippen LogP contribution in [0.5, 0.6) is 0 Å². The van der Waals surface area contributed by atoms with Crippen LogP contribution in [0.3, 0.4) is 0 Å². The van der Waals surface area contributed by atoms with Crippen LogP contribution in [0.4, 0.5) is 0 Å². The van der Waals surface area contributed by atoms with E-state index in [1.807, 2.05) is 13.0 Å². The molecule has 2 nitrogen and oxygen atoms in total. The first-order valence-corrected chi connectivity index (χ1v) is 3.72. The van der Waals surface area contributed by atoms with E-state index in [0.29, 0.717) is 5.57 Å². The van der Waals surface area contributed by atoms with Gasteiger partial charge in [-0.25, -0.2) is 0 Å². The number of primary amides is 1. The number of rotatable bonds is 3. The highest BCUT2D eigenvalue weighted by atomic mass is 16.1. The van der Waals surface area contributed by atoms with Crippen molar-refractivity contribution in [3.63, 3.8) is 0 Å². The maximum absolute atomic E-state index is 10.6. The summed E-state index contributed by atoms with van der Waals surface area (Å²) < 4.78 is 0. The molecule has 0 bridgehead atoms. The summed E-state index contributed by atoms with van der Waals surface area (Å²) in [6.45, 7) is 5.72. The van der Waals surface area contributed by atoms with Gasteiger partial charge in [-0.2, -0.15) is 0 Å². The maximum atomic E-state index is 10.6. The molecule has 62 valence electrons. The smallest absolute Gasteiger partial charge is 0.244 e. The third kappa shape index (κ3) is 4.37. The van der Waals surface area contributed by atoms with Crippen molar-refractivity contribution in [2.45, 2.75) is 27.2 Å². The molecule has 0 heterocycles. The van der Waals surface area contributed by atoms with Crippen molar-refractivity contribution in [3.05, 3.63) is 23.3 Å². The molecule has 0 aromatic carbocycles. The SMILES string of the molecule is CCC=C(C)C=C(C)C(N)=O. The Morgan fingerprint density at radius 2 is 2.00 bits per heavy atom. The minimum atomic E-state index is -0.353. The summed E-state index contributed by atoms with van der Waals surface area (Å²) in [4.78, 5) is 10.6. The normalized spacial score (nSPS) is 13.4. The number of amides is 1. The summed E-state index contributed by atoms with van der Waals surface area (Å²) in [6.07, 6.45) is 4.83. The summed E-state index contributed by atoms with van der Waals surface area (Å²) in [5, 5.41) is 0. The van der Waals surface area contributed by atoms with Gasteiger partial charge in [0.15, 0.2) is 0 Å². The van der Waals surface area contributed by atoms with Gasteiger partial charge in [-0.3, -0.25) is 4.79 Å². The molecule has 0 aliphatic carbocycles. The summed E-state index contributed by atoms with van der Waals surface area (Å²) in [7, 11) is 0. The first-order chi connectivity index (χ1) is 5.07. The fourth-order valence-corrected chi connectivity index (χ4v) is 0.794. The molecule has 0 aromatic heterocycles. The van der Waals surface area contributed by atoms with Crippen LogP contribution in [0.2, 0.25) is 0 Å². The first kappa shape index (κ1) is 9.95. The Bertz CT molecular complexity index is 202. The molecular weight excluding hydrogens is 138 g/mol. The van der Waals surface area contributed by atoms with Crippen molar-refractivity contribution in [2.24, 2.45) is 5.73 Å². The molecule has 0 unspecified atom stereocenters. The fourth-order valence-electron chi connectivity index (χ4n) is 0.794. The van der Waals surface area contributed by atoms with Crippen molar-refractivity contribution in [3.8, 4) is 0 Å². The van der Waals surface area contributed by atoms with Gasteiger partial charge in [0.1, 0.15) is 0 Å². The van der Waals surface area contributed by atoms with Gasteiger partial charge in [0.05, 0.1) is 0 Å². The molecule has 0 radical (unpaired) electrons. The second-order valence-electron chi connectivity index (χ2n) is 2.55. The molecule has 0 saturated carbocycles. The van der Waals surface area contributed by atoms with Crippen molar-refractivity contribution in [1.82, 2.24) is 0 Å². The van der Waals surface area contributed by atoms with Crippen LogP contribution in [0, 0.1) is 0 Å².